The first-order valence-corrected chi connectivity index (χ1v) is 12.1. The molecule has 0 unspecified atom stereocenters. The number of para-hydroxylation sites is 1. The molecule has 2 aromatic carbocycles. The third-order valence-corrected chi connectivity index (χ3v) is 5.95. The summed E-state index contributed by atoms with van der Waals surface area (Å²) in [5.74, 6) is -1.03. The van der Waals surface area contributed by atoms with Crippen molar-refractivity contribution in [3.05, 3.63) is 60.2 Å². The number of hydrogen-bond donors (Lipinski definition) is 2. The van der Waals surface area contributed by atoms with Crippen LogP contribution in [0.5, 0.6) is 0 Å². The molecule has 0 aliphatic carbocycles. The van der Waals surface area contributed by atoms with Crippen molar-refractivity contribution >= 4 is 35.2 Å². The molecular weight excluding hydrogens is 460 g/mol. The zero-order chi connectivity index (χ0) is 26.1. The Labute approximate surface area is 211 Å². The molecule has 192 valence electrons. The van der Waals surface area contributed by atoms with E-state index in [1.165, 1.54) is 11.0 Å². The molecule has 3 rings (SSSR count). The predicted octanol–water partition coefficient (Wildman–Crippen LogP) is 3.67. The van der Waals surface area contributed by atoms with Crippen molar-refractivity contribution in [2.24, 2.45) is 5.41 Å². The minimum Gasteiger partial charge on any atom is -0.462 e. The van der Waals surface area contributed by atoms with Crippen LogP contribution in [0.1, 0.15) is 44.0 Å². The van der Waals surface area contributed by atoms with Gasteiger partial charge in [0.2, 0.25) is 11.8 Å². The van der Waals surface area contributed by atoms with Crippen molar-refractivity contribution in [3.8, 4) is 0 Å². The lowest BCUT2D eigenvalue weighted by Crippen LogP contribution is -2.50. The van der Waals surface area contributed by atoms with Crippen LogP contribution in [-0.2, 0) is 14.3 Å². The minimum atomic E-state index is -0.610. The highest BCUT2D eigenvalue weighted by Crippen LogP contribution is 2.28. The number of rotatable bonds is 8. The Balaban J connectivity index is 1.62. The molecule has 0 saturated carbocycles. The molecule has 4 amide bonds. The maximum absolute atomic E-state index is 13.1. The van der Waals surface area contributed by atoms with Crippen LogP contribution >= 0.6 is 0 Å². The third-order valence-electron chi connectivity index (χ3n) is 5.95. The first kappa shape index (κ1) is 26.7. The predicted molar refractivity (Wildman–Crippen MR) is 138 cm³/mol. The van der Waals surface area contributed by atoms with Crippen molar-refractivity contribution in [2.45, 2.75) is 33.6 Å². The Morgan fingerprint density at radius 3 is 2.50 bits per heavy atom. The SMILES string of the molecule is CCOC(=O)c1cccc(NC(=O)NCC(=O)N(CC(=O)N2CCCC(C)(C)C2)c2ccccc2)c1. The van der Waals surface area contributed by atoms with Crippen molar-refractivity contribution in [1.82, 2.24) is 10.2 Å². The average Bonchev–Trinajstić information content (AvgIpc) is 2.86. The van der Waals surface area contributed by atoms with Gasteiger partial charge in [0, 0.05) is 24.5 Å². The number of carbonyl (C=O) groups excluding carboxylic acids is 4. The van der Waals surface area contributed by atoms with Crippen LogP contribution in [0.4, 0.5) is 16.2 Å². The highest BCUT2D eigenvalue weighted by molar-refractivity contribution is 6.02. The number of anilines is 2. The summed E-state index contributed by atoms with van der Waals surface area (Å²) in [5.41, 5.74) is 1.31. The van der Waals surface area contributed by atoms with Crippen LogP contribution in [0.25, 0.3) is 0 Å². The number of hydrogen-bond acceptors (Lipinski definition) is 5. The Bertz CT molecular complexity index is 1090. The number of piperidine rings is 1. The van der Waals surface area contributed by atoms with Gasteiger partial charge in [0.1, 0.15) is 6.54 Å². The lowest BCUT2D eigenvalue weighted by atomic mass is 9.84. The maximum Gasteiger partial charge on any atom is 0.338 e. The summed E-state index contributed by atoms with van der Waals surface area (Å²) in [5, 5.41) is 5.15. The third kappa shape index (κ3) is 7.56. The monoisotopic (exact) mass is 494 g/mol. The topological polar surface area (TPSA) is 108 Å². The molecule has 1 fully saturated rings. The molecule has 0 bridgehead atoms. The Morgan fingerprint density at radius 2 is 1.81 bits per heavy atom. The van der Waals surface area contributed by atoms with E-state index in [4.69, 9.17) is 4.74 Å². The highest BCUT2D eigenvalue weighted by atomic mass is 16.5. The number of nitrogens with zero attached hydrogens (tertiary/aromatic N) is 2. The number of nitrogens with one attached hydrogen (secondary N) is 2. The molecule has 36 heavy (non-hydrogen) atoms. The standard InChI is InChI=1S/C27H34N4O5/c1-4-36-25(34)20-10-8-11-21(16-20)29-26(35)28-17-23(32)31(22-12-6-5-7-13-22)18-24(33)30-15-9-14-27(2,3)19-30/h5-8,10-13,16H,4,9,14-15,17-19H2,1-3H3,(H2,28,29,35). The number of amides is 4. The van der Waals surface area contributed by atoms with Crippen LogP contribution in [0, 0.1) is 5.41 Å². The summed E-state index contributed by atoms with van der Waals surface area (Å²) in [4.78, 5) is 53.8. The van der Waals surface area contributed by atoms with Gasteiger partial charge < -0.3 is 25.2 Å². The number of urea groups is 1. The quantitative estimate of drug-likeness (QED) is 0.545. The van der Waals surface area contributed by atoms with Crippen LogP contribution in [-0.4, -0.2) is 61.5 Å². The van der Waals surface area contributed by atoms with Crippen LogP contribution in [0.3, 0.4) is 0 Å². The van der Waals surface area contributed by atoms with E-state index < -0.39 is 17.9 Å². The average molecular weight is 495 g/mol. The van der Waals surface area contributed by atoms with E-state index in [2.05, 4.69) is 24.5 Å². The van der Waals surface area contributed by atoms with Gasteiger partial charge in [-0.15, -0.1) is 0 Å². The molecule has 0 spiro atoms. The highest BCUT2D eigenvalue weighted by Gasteiger charge is 2.31. The minimum absolute atomic E-state index is 0.0414. The molecule has 9 heteroatoms. The molecule has 2 N–H and O–H groups in total. The Hall–Kier alpha value is -3.88. The summed E-state index contributed by atoms with van der Waals surface area (Å²) in [6.07, 6.45) is 1.98. The van der Waals surface area contributed by atoms with Crippen LogP contribution < -0.4 is 15.5 Å². The van der Waals surface area contributed by atoms with Crippen LogP contribution in [0.15, 0.2) is 54.6 Å². The summed E-state index contributed by atoms with van der Waals surface area (Å²) >= 11 is 0. The molecule has 0 radical (unpaired) electrons. The molecule has 1 aliphatic heterocycles. The van der Waals surface area contributed by atoms with Crippen LogP contribution in [0.2, 0.25) is 0 Å². The molecular formula is C27H34N4O5. The van der Waals surface area contributed by atoms with E-state index in [0.717, 1.165) is 12.8 Å². The van der Waals surface area contributed by atoms with E-state index in [1.807, 2.05) is 11.0 Å². The zero-order valence-corrected chi connectivity index (χ0v) is 21.1. The van der Waals surface area contributed by atoms with Crippen molar-refractivity contribution in [3.63, 3.8) is 0 Å². The molecule has 1 aliphatic rings. The number of likely N-dealkylation sites (tertiary alicyclic amines) is 1. The largest absolute Gasteiger partial charge is 0.462 e. The van der Waals surface area contributed by atoms with Gasteiger partial charge >= 0.3 is 12.0 Å². The van der Waals surface area contributed by atoms with Gasteiger partial charge in [-0.2, -0.15) is 0 Å². The zero-order valence-electron chi connectivity index (χ0n) is 21.1. The summed E-state index contributed by atoms with van der Waals surface area (Å²) in [6.45, 7) is 7.13. The second kappa shape index (κ2) is 12.2. The maximum atomic E-state index is 13.1. The van der Waals surface area contributed by atoms with E-state index in [0.29, 0.717) is 30.0 Å². The van der Waals surface area contributed by atoms with Crippen molar-refractivity contribution in [1.29, 1.82) is 0 Å². The van der Waals surface area contributed by atoms with E-state index >= 15 is 0 Å². The van der Waals surface area contributed by atoms with E-state index in [-0.39, 0.29) is 31.0 Å². The van der Waals surface area contributed by atoms with Gasteiger partial charge in [0.15, 0.2) is 0 Å². The van der Waals surface area contributed by atoms with Gasteiger partial charge in [-0.1, -0.05) is 38.1 Å². The van der Waals surface area contributed by atoms with Gasteiger partial charge in [-0.05, 0) is 55.5 Å². The van der Waals surface area contributed by atoms with E-state index in [9.17, 15) is 19.2 Å². The normalized spacial score (nSPS) is 14.5. The first-order chi connectivity index (χ1) is 17.2. The van der Waals surface area contributed by atoms with E-state index in [1.54, 1.807) is 49.4 Å². The van der Waals surface area contributed by atoms with Gasteiger partial charge in [-0.3, -0.25) is 9.59 Å². The number of ether oxygens (including phenoxy) is 1. The molecule has 0 atom stereocenters. The summed E-state index contributed by atoms with van der Waals surface area (Å²) in [7, 11) is 0. The van der Waals surface area contributed by atoms with Gasteiger partial charge in [0.25, 0.3) is 0 Å². The van der Waals surface area contributed by atoms with Crippen molar-refractivity contribution < 1.29 is 23.9 Å². The number of esters is 1. The Morgan fingerprint density at radius 1 is 1.06 bits per heavy atom. The molecule has 0 aromatic heterocycles. The fourth-order valence-electron chi connectivity index (χ4n) is 4.17. The number of carbonyl (C=O) groups is 4. The fraction of sp³-hybridized carbons (Fsp3) is 0.407. The summed E-state index contributed by atoms with van der Waals surface area (Å²) < 4.78 is 4.97. The first-order valence-electron chi connectivity index (χ1n) is 12.1. The Kier molecular flexibility index (Phi) is 9.05. The molecule has 1 heterocycles. The molecule has 2 aromatic rings. The van der Waals surface area contributed by atoms with Gasteiger partial charge in [-0.25, -0.2) is 9.59 Å². The lowest BCUT2D eigenvalue weighted by Gasteiger charge is -2.39. The summed E-state index contributed by atoms with van der Waals surface area (Å²) in [6, 6.07) is 14.6. The van der Waals surface area contributed by atoms with Gasteiger partial charge in [0.05, 0.1) is 18.7 Å². The number of benzene rings is 2. The fourth-order valence-corrected chi connectivity index (χ4v) is 4.17. The lowest BCUT2D eigenvalue weighted by molar-refractivity contribution is -0.134. The second-order valence-electron chi connectivity index (χ2n) is 9.51. The smallest absolute Gasteiger partial charge is 0.338 e. The molecule has 1 saturated heterocycles. The molecule has 9 nitrogen and oxygen atoms in total. The van der Waals surface area contributed by atoms with Crippen molar-refractivity contribution in [2.75, 3.05) is 43.0 Å². The second-order valence-corrected chi connectivity index (χ2v) is 9.51.